The van der Waals surface area contributed by atoms with Crippen LogP contribution in [0.5, 0.6) is 11.5 Å². The van der Waals surface area contributed by atoms with Gasteiger partial charge in [-0.2, -0.15) is 4.98 Å². The molecule has 9 heteroatoms. The summed E-state index contributed by atoms with van der Waals surface area (Å²) in [5, 5.41) is 7.12. The highest BCUT2D eigenvalue weighted by Gasteiger charge is 2.26. The van der Waals surface area contributed by atoms with E-state index in [1.807, 2.05) is 30.3 Å². The van der Waals surface area contributed by atoms with Crippen LogP contribution in [0.15, 0.2) is 45.5 Å². The summed E-state index contributed by atoms with van der Waals surface area (Å²) in [4.78, 5) is 19.2. The summed E-state index contributed by atoms with van der Waals surface area (Å²) in [7, 11) is 3.18. The van der Waals surface area contributed by atoms with Gasteiger partial charge in [0.25, 0.3) is 0 Å². The van der Waals surface area contributed by atoms with Crippen LogP contribution in [0.4, 0.5) is 0 Å². The number of aromatic nitrogens is 2. The maximum atomic E-state index is 12.4. The predicted molar refractivity (Wildman–Crippen MR) is 116 cm³/mol. The van der Waals surface area contributed by atoms with Crippen LogP contribution in [0.25, 0.3) is 11.4 Å². The third-order valence-electron chi connectivity index (χ3n) is 5.68. The SMILES string of the molecule is COc1ccc(-c2noc(CN3CCC(C(=O)NCCc4ccco4)CC3)n2)cc1OC. The van der Waals surface area contributed by atoms with Gasteiger partial charge in [-0.15, -0.1) is 0 Å². The van der Waals surface area contributed by atoms with Gasteiger partial charge in [0.2, 0.25) is 17.6 Å². The second-order valence-electron chi connectivity index (χ2n) is 7.75. The number of hydrogen-bond acceptors (Lipinski definition) is 8. The zero-order chi connectivity index (χ0) is 22.3. The molecule has 170 valence electrons. The maximum Gasteiger partial charge on any atom is 0.241 e. The van der Waals surface area contributed by atoms with Crippen LogP contribution in [-0.2, 0) is 17.8 Å². The number of amides is 1. The monoisotopic (exact) mass is 440 g/mol. The molecule has 1 amide bonds. The van der Waals surface area contributed by atoms with Crippen LogP contribution in [-0.4, -0.2) is 54.8 Å². The van der Waals surface area contributed by atoms with Crippen LogP contribution >= 0.6 is 0 Å². The molecule has 0 radical (unpaired) electrons. The first-order valence-electron chi connectivity index (χ1n) is 10.7. The number of carbonyl (C=O) groups excluding carboxylic acids is 1. The van der Waals surface area contributed by atoms with E-state index in [9.17, 15) is 4.79 Å². The standard InChI is InChI=1S/C23H28N4O5/c1-29-19-6-5-17(14-20(19)30-2)22-25-21(32-26-22)15-27-11-8-16(9-12-27)23(28)24-10-7-18-4-3-13-31-18/h3-6,13-14,16H,7-12,15H2,1-2H3,(H,24,28). The van der Waals surface area contributed by atoms with E-state index in [2.05, 4.69) is 20.4 Å². The summed E-state index contributed by atoms with van der Waals surface area (Å²) in [6.45, 7) is 2.77. The number of furan rings is 1. The molecule has 1 aliphatic heterocycles. The van der Waals surface area contributed by atoms with E-state index in [4.69, 9.17) is 18.4 Å². The third kappa shape index (κ3) is 5.28. The zero-order valence-corrected chi connectivity index (χ0v) is 18.4. The fourth-order valence-electron chi connectivity index (χ4n) is 3.86. The molecule has 0 spiro atoms. The normalized spacial score (nSPS) is 14.9. The second kappa shape index (κ2) is 10.3. The Morgan fingerprint density at radius 1 is 1.19 bits per heavy atom. The van der Waals surface area contributed by atoms with Crippen LogP contribution in [0, 0.1) is 5.92 Å². The lowest BCUT2D eigenvalue weighted by Crippen LogP contribution is -2.40. The molecule has 1 fully saturated rings. The highest BCUT2D eigenvalue weighted by molar-refractivity contribution is 5.78. The van der Waals surface area contributed by atoms with Gasteiger partial charge in [-0.1, -0.05) is 5.16 Å². The molecule has 1 saturated heterocycles. The van der Waals surface area contributed by atoms with Crippen molar-refractivity contribution >= 4 is 5.91 Å². The van der Waals surface area contributed by atoms with Crippen molar-refractivity contribution in [3.05, 3.63) is 48.2 Å². The minimum absolute atomic E-state index is 0.0351. The van der Waals surface area contributed by atoms with Crippen molar-refractivity contribution in [2.75, 3.05) is 33.9 Å². The van der Waals surface area contributed by atoms with Gasteiger partial charge < -0.3 is 23.7 Å². The van der Waals surface area contributed by atoms with Crippen molar-refractivity contribution in [1.82, 2.24) is 20.4 Å². The van der Waals surface area contributed by atoms with Crippen molar-refractivity contribution in [2.45, 2.75) is 25.8 Å². The fraction of sp³-hybridized carbons (Fsp3) is 0.435. The first-order chi connectivity index (χ1) is 15.7. The van der Waals surface area contributed by atoms with Gasteiger partial charge in [0.1, 0.15) is 5.76 Å². The van der Waals surface area contributed by atoms with Crippen LogP contribution in [0.1, 0.15) is 24.5 Å². The molecule has 32 heavy (non-hydrogen) atoms. The molecule has 0 saturated carbocycles. The lowest BCUT2D eigenvalue weighted by Gasteiger charge is -2.30. The lowest BCUT2D eigenvalue weighted by molar-refractivity contribution is -0.126. The minimum Gasteiger partial charge on any atom is -0.493 e. The van der Waals surface area contributed by atoms with Crippen molar-refractivity contribution in [1.29, 1.82) is 0 Å². The summed E-state index contributed by atoms with van der Waals surface area (Å²) >= 11 is 0. The van der Waals surface area contributed by atoms with Gasteiger partial charge in [0, 0.05) is 24.4 Å². The average molecular weight is 441 g/mol. The number of methoxy groups -OCH3 is 2. The molecule has 0 aliphatic carbocycles. The molecule has 0 atom stereocenters. The Morgan fingerprint density at radius 3 is 2.72 bits per heavy atom. The molecule has 3 aromatic rings. The van der Waals surface area contributed by atoms with Gasteiger partial charge in [0.15, 0.2) is 11.5 Å². The highest BCUT2D eigenvalue weighted by atomic mass is 16.5. The molecule has 1 N–H and O–H groups in total. The zero-order valence-electron chi connectivity index (χ0n) is 18.4. The molecular weight excluding hydrogens is 412 g/mol. The molecule has 2 aromatic heterocycles. The van der Waals surface area contributed by atoms with Crippen LogP contribution in [0.3, 0.4) is 0 Å². The van der Waals surface area contributed by atoms with E-state index >= 15 is 0 Å². The van der Waals surface area contributed by atoms with Crippen molar-refractivity contribution in [3.8, 4) is 22.9 Å². The largest absolute Gasteiger partial charge is 0.493 e. The van der Waals surface area contributed by atoms with Crippen LogP contribution in [0.2, 0.25) is 0 Å². The second-order valence-corrected chi connectivity index (χ2v) is 7.75. The number of benzene rings is 1. The maximum absolute atomic E-state index is 12.4. The van der Waals surface area contributed by atoms with Crippen molar-refractivity contribution in [3.63, 3.8) is 0 Å². The molecule has 1 aliphatic rings. The Morgan fingerprint density at radius 2 is 2.00 bits per heavy atom. The number of carbonyl (C=O) groups is 1. The van der Waals surface area contributed by atoms with Gasteiger partial charge in [0.05, 0.1) is 27.0 Å². The molecule has 4 rings (SSSR count). The number of likely N-dealkylation sites (tertiary alicyclic amines) is 1. The highest BCUT2D eigenvalue weighted by Crippen LogP contribution is 2.31. The van der Waals surface area contributed by atoms with Gasteiger partial charge in [-0.3, -0.25) is 9.69 Å². The van der Waals surface area contributed by atoms with E-state index in [0.29, 0.717) is 42.7 Å². The molecular formula is C23H28N4O5. The van der Waals surface area contributed by atoms with Crippen LogP contribution < -0.4 is 14.8 Å². The number of nitrogens with zero attached hydrogens (tertiary/aromatic N) is 3. The third-order valence-corrected chi connectivity index (χ3v) is 5.68. The van der Waals surface area contributed by atoms with E-state index in [1.165, 1.54) is 0 Å². The first kappa shape index (κ1) is 21.9. The van der Waals surface area contributed by atoms with E-state index in [-0.39, 0.29) is 11.8 Å². The van der Waals surface area contributed by atoms with Gasteiger partial charge in [-0.25, -0.2) is 0 Å². The average Bonchev–Trinajstić information content (AvgIpc) is 3.51. The summed E-state index contributed by atoms with van der Waals surface area (Å²) in [5.74, 6) is 3.35. The van der Waals surface area contributed by atoms with Gasteiger partial charge >= 0.3 is 0 Å². The predicted octanol–water partition coefficient (Wildman–Crippen LogP) is 2.92. The molecule has 1 aromatic carbocycles. The number of hydrogen-bond donors (Lipinski definition) is 1. The molecule has 9 nitrogen and oxygen atoms in total. The molecule has 3 heterocycles. The Kier molecular flexibility index (Phi) is 7.06. The Bertz CT molecular complexity index is 1010. The number of rotatable bonds is 9. The Hall–Kier alpha value is -3.33. The van der Waals surface area contributed by atoms with E-state index < -0.39 is 0 Å². The quantitative estimate of drug-likeness (QED) is 0.542. The minimum atomic E-state index is 0.0351. The first-order valence-corrected chi connectivity index (χ1v) is 10.7. The Balaban J connectivity index is 1.25. The van der Waals surface area contributed by atoms with E-state index in [1.54, 1.807) is 20.5 Å². The molecule has 0 bridgehead atoms. The molecule has 0 unspecified atom stereocenters. The van der Waals surface area contributed by atoms with Crippen molar-refractivity contribution < 1.29 is 23.2 Å². The van der Waals surface area contributed by atoms with Crippen molar-refractivity contribution in [2.24, 2.45) is 5.92 Å². The number of piperidine rings is 1. The summed E-state index contributed by atoms with van der Waals surface area (Å²) in [5.41, 5.74) is 0.794. The summed E-state index contributed by atoms with van der Waals surface area (Å²) < 4.78 is 21.4. The number of nitrogens with one attached hydrogen (secondary N) is 1. The topological polar surface area (TPSA) is 103 Å². The number of ether oxygens (including phenoxy) is 2. The lowest BCUT2D eigenvalue weighted by atomic mass is 9.96. The van der Waals surface area contributed by atoms with Gasteiger partial charge in [-0.05, 0) is 56.3 Å². The summed E-state index contributed by atoms with van der Waals surface area (Å²) in [6.07, 6.45) is 3.97. The smallest absolute Gasteiger partial charge is 0.241 e. The summed E-state index contributed by atoms with van der Waals surface area (Å²) in [6, 6.07) is 9.27. The Labute approximate surface area is 186 Å². The van der Waals surface area contributed by atoms with E-state index in [0.717, 1.165) is 37.3 Å². The fourth-order valence-corrected chi connectivity index (χ4v) is 3.86.